The van der Waals surface area contributed by atoms with Crippen molar-refractivity contribution in [2.75, 3.05) is 13.6 Å². The molecule has 1 fully saturated rings. The number of amides is 1. The predicted octanol–water partition coefficient (Wildman–Crippen LogP) is 1.16. The van der Waals surface area contributed by atoms with E-state index in [1.807, 2.05) is 24.3 Å². The third-order valence-corrected chi connectivity index (χ3v) is 3.86. The van der Waals surface area contributed by atoms with Crippen LogP contribution in [0, 0.1) is 0 Å². The van der Waals surface area contributed by atoms with Crippen molar-refractivity contribution >= 4 is 40.2 Å². The van der Waals surface area contributed by atoms with Crippen LogP contribution < -0.4 is 0 Å². The van der Waals surface area contributed by atoms with Crippen LogP contribution in [0.4, 0.5) is 0 Å². The molecule has 0 aliphatic carbocycles. The Hall–Kier alpha value is -1.60. The van der Waals surface area contributed by atoms with Crippen LogP contribution >= 0.6 is 24.0 Å². The summed E-state index contributed by atoms with van der Waals surface area (Å²) >= 11 is 6.15. The summed E-state index contributed by atoms with van der Waals surface area (Å²) in [7, 11) is 1.87. The maximum Gasteiger partial charge on any atom is 0.323 e. The number of rotatable bonds is 2. The van der Waals surface area contributed by atoms with Crippen molar-refractivity contribution in [3.05, 3.63) is 35.0 Å². The molecule has 5 nitrogen and oxygen atoms in total. The Bertz CT molecular complexity index is 506. The van der Waals surface area contributed by atoms with Crippen molar-refractivity contribution in [3.63, 3.8) is 0 Å². The number of thiocarbonyl (C=S) groups is 1. The van der Waals surface area contributed by atoms with Crippen LogP contribution in [0.5, 0.6) is 0 Å². The molecule has 0 aromatic rings. The van der Waals surface area contributed by atoms with Crippen molar-refractivity contribution in [1.82, 2.24) is 9.80 Å². The molecule has 0 saturated carbocycles. The predicted molar refractivity (Wildman–Crippen MR) is 72.6 cm³/mol. The standard InChI is InChI=1S/C11H10N2O3S2/c1-12-4-2-7(3-5-12)9-10(16)13(6-8(14)15)11(17)18-9/h2-5H,6H2,1H3,(H,14,15). The quantitative estimate of drug-likeness (QED) is 0.606. The lowest BCUT2D eigenvalue weighted by Gasteiger charge is -2.13. The molecule has 0 aromatic heterocycles. The molecule has 18 heavy (non-hydrogen) atoms. The zero-order valence-corrected chi connectivity index (χ0v) is 11.1. The van der Waals surface area contributed by atoms with E-state index in [0.717, 1.165) is 22.2 Å². The van der Waals surface area contributed by atoms with E-state index < -0.39 is 12.5 Å². The van der Waals surface area contributed by atoms with Gasteiger partial charge in [-0.25, -0.2) is 0 Å². The summed E-state index contributed by atoms with van der Waals surface area (Å²) in [6, 6.07) is 0. The summed E-state index contributed by atoms with van der Waals surface area (Å²) in [5.41, 5.74) is 0.748. The number of aliphatic carboxylic acids is 1. The molecule has 2 rings (SSSR count). The number of carboxylic acid groups (broad SMARTS) is 1. The second-order valence-corrected chi connectivity index (χ2v) is 5.38. The van der Waals surface area contributed by atoms with Crippen LogP contribution in [0.15, 0.2) is 35.0 Å². The molecule has 0 atom stereocenters. The number of nitrogens with zero attached hydrogens (tertiary/aromatic N) is 2. The first kappa shape index (κ1) is 12.8. The average Bonchev–Trinajstić information content (AvgIpc) is 2.58. The van der Waals surface area contributed by atoms with Gasteiger partial charge in [-0.2, -0.15) is 0 Å². The zero-order chi connectivity index (χ0) is 13.3. The number of carboxylic acids is 1. The lowest BCUT2D eigenvalue weighted by atomic mass is 10.2. The van der Waals surface area contributed by atoms with Gasteiger partial charge >= 0.3 is 5.97 Å². The minimum Gasteiger partial charge on any atom is -0.480 e. The average molecular weight is 282 g/mol. The van der Waals surface area contributed by atoms with Gasteiger partial charge in [0.15, 0.2) is 0 Å². The minimum atomic E-state index is -1.08. The maximum atomic E-state index is 12.0. The molecule has 0 unspecified atom stereocenters. The van der Waals surface area contributed by atoms with Gasteiger partial charge < -0.3 is 10.0 Å². The number of carbonyl (C=O) groups excluding carboxylic acids is 1. The highest BCUT2D eigenvalue weighted by Gasteiger charge is 2.34. The molecule has 0 spiro atoms. The smallest absolute Gasteiger partial charge is 0.323 e. The Morgan fingerprint density at radius 2 is 2.06 bits per heavy atom. The molecule has 2 aliphatic rings. The molecule has 0 radical (unpaired) electrons. The van der Waals surface area contributed by atoms with Gasteiger partial charge in [-0.1, -0.05) is 24.0 Å². The van der Waals surface area contributed by atoms with Crippen LogP contribution in [0.3, 0.4) is 0 Å². The SMILES string of the molecule is CN1C=CC(=C2SC(=S)N(CC(=O)O)C2=O)C=C1. The van der Waals surface area contributed by atoms with Crippen LogP contribution in [0.1, 0.15) is 0 Å². The second kappa shape index (κ2) is 4.95. The fourth-order valence-electron chi connectivity index (χ4n) is 1.50. The van der Waals surface area contributed by atoms with Gasteiger partial charge in [0.25, 0.3) is 5.91 Å². The number of carbonyl (C=O) groups is 2. The summed E-state index contributed by atoms with van der Waals surface area (Å²) in [6.07, 6.45) is 7.23. The van der Waals surface area contributed by atoms with Crippen LogP contribution in [0.2, 0.25) is 0 Å². The van der Waals surface area contributed by atoms with Crippen molar-refractivity contribution in [3.8, 4) is 0 Å². The molecule has 0 aromatic carbocycles. The molecule has 1 saturated heterocycles. The largest absolute Gasteiger partial charge is 0.480 e. The van der Waals surface area contributed by atoms with Crippen LogP contribution in [-0.2, 0) is 9.59 Å². The zero-order valence-electron chi connectivity index (χ0n) is 9.49. The van der Waals surface area contributed by atoms with E-state index in [9.17, 15) is 9.59 Å². The lowest BCUT2D eigenvalue weighted by Crippen LogP contribution is -2.33. The molecule has 7 heteroatoms. The summed E-state index contributed by atoms with van der Waals surface area (Å²) in [5, 5.41) is 8.73. The van der Waals surface area contributed by atoms with Crippen molar-refractivity contribution in [2.24, 2.45) is 0 Å². The first-order chi connectivity index (χ1) is 8.49. The Balaban J connectivity index is 2.28. The minimum absolute atomic E-state index is 0.283. The van der Waals surface area contributed by atoms with E-state index in [2.05, 4.69) is 0 Å². The van der Waals surface area contributed by atoms with Gasteiger partial charge in [-0.15, -0.1) is 0 Å². The lowest BCUT2D eigenvalue weighted by molar-refractivity contribution is -0.140. The van der Waals surface area contributed by atoms with E-state index in [0.29, 0.717) is 4.91 Å². The van der Waals surface area contributed by atoms with Crippen molar-refractivity contribution in [2.45, 2.75) is 0 Å². The van der Waals surface area contributed by atoms with E-state index in [1.54, 1.807) is 12.2 Å². The van der Waals surface area contributed by atoms with Gasteiger partial charge in [-0.3, -0.25) is 14.5 Å². The fourth-order valence-corrected chi connectivity index (χ4v) is 2.78. The second-order valence-electron chi connectivity index (χ2n) is 3.73. The van der Waals surface area contributed by atoms with Gasteiger partial charge in [0.05, 0.1) is 4.91 Å². The Morgan fingerprint density at radius 1 is 1.44 bits per heavy atom. The highest BCUT2D eigenvalue weighted by Crippen LogP contribution is 2.34. The summed E-state index contributed by atoms with van der Waals surface area (Å²) in [6.45, 7) is -0.394. The van der Waals surface area contributed by atoms with Crippen LogP contribution in [-0.4, -0.2) is 44.7 Å². The summed E-state index contributed by atoms with van der Waals surface area (Å²) < 4.78 is 0.283. The fraction of sp³-hybridized carbons (Fsp3) is 0.182. The number of hydrogen-bond acceptors (Lipinski definition) is 5. The normalized spacial score (nSPS) is 19.2. The molecular weight excluding hydrogens is 272 g/mol. The number of hydrogen-bond donors (Lipinski definition) is 1. The van der Waals surface area contributed by atoms with Crippen molar-refractivity contribution < 1.29 is 14.7 Å². The Kier molecular flexibility index (Phi) is 3.53. The third kappa shape index (κ3) is 2.46. The van der Waals surface area contributed by atoms with Gasteiger partial charge in [0, 0.05) is 19.4 Å². The van der Waals surface area contributed by atoms with E-state index >= 15 is 0 Å². The van der Waals surface area contributed by atoms with Gasteiger partial charge in [0.1, 0.15) is 10.9 Å². The molecule has 0 bridgehead atoms. The molecule has 1 amide bonds. The summed E-state index contributed by atoms with van der Waals surface area (Å²) in [5.74, 6) is -1.42. The Labute approximate surface area is 113 Å². The summed E-state index contributed by atoms with van der Waals surface area (Å²) in [4.78, 5) is 26.1. The van der Waals surface area contributed by atoms with E-state index in [1.165, 1.54) is 0 Å². The molecule has 94 valence electrons. The first-order valence-corrected chi connectivity index (χ1v) is 6.29. The van der Waals surface area contributed by atoms with Crippen molar-refractivity contribution in [1.29, 1.82) is 0 Å². The highest BCUT2D eigenvalue weighted by atomic mass is 32.2. The number of thioether (sulfide) groups is 1. The third-order valence-electron chi connectivity index (χ3n) is 2.38. The maximum absolute atomic E-state index is 12.0. The number of allylic oxidation sites excluding steroid dienone is 3. The van der Waals surface area contributed by atoms with Crippen LogP contribution in [0.25, 0.3) is 0 Å². The first-order valence-electron chi connectivity index (χ1n) is 5.07. The molecule has 2 aliphatic heterocycles. The van der Waals surface area contributed by atoms with E-state index in [-0.39, 0.29) is 10.2 Å². The molecule has 2 heterocycles. The van der Waals surface area contributed by atoms with Gasteiger partial charge in [0.2, 0.25) is 0 Å². The Morgan fingerprint density at radius 3 is 2.61 bits per heavy atom. The van der Waals surface area contributed by atoms with Gasteiger partial charge in [-0.05, 0) is 17.7 Å². The topological polar surface area (TPSA) is 60.9 Å². The van der Waals surface area contributed by atoms with E-state index in [4.69, 9.17) is 17.3 Å². The molecule has 1 N–H and O–H groups in total. The monoisotopic (exact) mass is 282 g/mol. The molecular formula is C11H10N2O3S2. The highest BCUT2D eigenvalue weighted by molar-refractivity contribution is 8.26.